The van der Waals surface area contributed by atoms with E-state index >= 15 is 0 Å². The summed E-state index contributed by atoms with van der Waals surface area (Å²) in [6.45, 7) is 0. The lowest BCUT2D eigenvalue weighted by molar-refractivity contribution is 0.669. The van der Waals surface area contributed by atoms with Gasteiger partial charge in [0, 0.05) is 27.8 Å². The minimum atomic E-state index is 0.896. The van der Waals surface area contributed by atoms with E-state index in [1.54, 1.807) is 0 Å². The van der Waals surface area contributed by atoms with Gasteiger partial charge < -0.3 is 9.32 Å². The molecule has 216 valence electrons. The Morgan fingerprint density at radius 3 is 1.67 bits per heavy atom. The third-order valence-electron chi connectivity index (χ3n) is 9.01. The maximum Gasteiger partial charge on any atom is 0.135 e. The number of hydrogen-bond donors (Lipinski definition) is 0. The number of para-hydroxylation sites is 2. The molecule has 9 aromatic rings. The third-order valence-corrected chi connectivity index (χ3v) is 9.01. The third kappa shape index (κ3) is 4.51. The van der Waals surface area contributed by atoms with Gasteiger partial charge in [0.15, 0.2) is 0 Å². The molecule has 0 aliphatic carbocycles. The van der Waals surface area contributed by atoms with Crippen LogP contribution in [0.25, 0.3) is 65.7 Å². The van der Waals surface area contributed by atoms with Gasteiger partial charge in [-0.25, -0.2) is 0 Å². The Balaban J connectivity index is 1.14. The maximum absolute atomic E-state index is 6.14. The van der Waals surface area contributed by atoms with Crippen molar-refractivity contribution in [3.63, 3.8) is 0 Å². The number of fused-ring (bicyclic) bond motifs is 5. The Bertz CT molecular complexity index is 2540. The average molecular weight is 588 g/mol. The van der Waals surface area contributed by atoms with Crippen LogP contribution in [0, 0.1) is 0 Å². The van der Waals surface area contributed by atoms with Gasteiger partial charge >= 0.3 is 0 Å². The molecule has 0 radical (unpaired) electrons. The van der Waals surface area contributed by atoms with E-state index in [0.717, 1.165) is 39.0 Å². The number of rotatable bonds is 5. The van der Waals surface area contributed by atoms with Gasteiger partial charge in [0.05, 0.1) is 0 Å². The van der Waals surface area contributed by atoms with Crippen molar-refractivity contribution in [2.24, 2.45) is 0 Å². The quantitative estimate of drug-likeness (QED) is 0.199. The summed E-state index contributed by atoms with van der Waals surface area (Å²) >= 11 is 0. The molecule has 0 saturated carbocycles. The number of benzene rings is 8. The topological polar surface area (TPSA) is 16.4 Å². The summed E-state index contributed by atoms with van der Waals surface area (Å²) in [4.78, 5) is 2.32. The molecule has 2 nitrogen and oxygen atoms in total. The minimum absolute atomic E-state index is 0.896. The first kappa shape index (κ1) is 26.3. The highest BCUT2D eigenvalue weighted by Crippen LogP contribution is 2.40. The lowest BCUT2D eigenvalue weighted by Gasteiger charge is -2.26. The highest BCUT2D eigenvalue weighted by atomic mass is 16.3. The SMILES string of the molecule is c1ccc(N(c2ccc3cc(-c4ccccc4-c4ccc5ccccc5c4)ccc3c2)c2ccc3oc4ccccc4c3c2)cc1. The molecule has 0 bridgehead atoms. The summed E-state index contributed by atoms with van der Waals surface area (Å²) in [5.74, 6) is 0. The van der Waals surface area contributed by atoms with E-state index in [-0.39, 0.29) is 0 Å². The van der Waals surface area contributed by atoms with Crippen molar-refractivity contribution in [2.45, 2.75) is 0 Å². The van der Waals surface area contributed by atoms with E-state index in [1.807, 2.05) is 12.1 Å². The molecule has 0 fully saturated rings. The highest BCUT2D eigenvalue weighted by molar-refractivity contribution is 6.06. The van der Waals surface area contributed by atoms with Crippen LogP contribution >= 0.6 is 0 Å². The van der Waals surface area contributed by atoms with E-state index in [1.165, 1.54) is 43.8 Å². The van der Waals surface area contributed by atoms with E-state index in [2.05, 4.69) is 169 Å². The van der Waals surface area contributed by atoms with Crippen molar-refractivity contribution in [2.75, 3.05) is 4.90 Å². The summed E-state index contributed by atoms with van der Waals surface area (Å²) in [6, 6.07) is 62.9. The predicted octanol–water partition coefficient (Wildman–Crippen LogP) is 12.7. The Labute approximate surface area is 267 Å². The van der Waals surface area contributed by atoms with Gasteiger partial charge in [0.2, 0.25) is 0 Å². The van der Waals surface area contributed by atoms with Crippen molar-refractivity contribution in [1.29, 1.82) is 0 Å². The molecule has 1 aromatic heterocycles. The fraction of sp³-hybridized carbons (Fsp3) is 0. The van der Waals surface area contributed by atoms with Gasteiger partial charge in [-0.05, 0) is 104 Å². The van der Waals surface area contributed by atoms with E-state index in [0.29, 0.717) is 0 Å². The van der Waals surface area contributed by atoms with Crippen LogP contribution in [0.15, 0.2) is 180 Å². The van der Waals surface area contributed by atoms with Gasteiger partial charge in [0.1, 0.15) is 11.2 Å². The van der Waals surface area contributed by atoms with Crippen LogP contribution in [0.4, 0.5) is 17.1 Å². The summed E-state index contributed by atoms with van der Waals surface area (Å²) in [7, 11) is 0. The first-order chi connectivity index (χ1) is 22.8. The van der Waals surface area contributed by atoms with Crippen molar-refractivity contribution >= 4 is 60.5 Å². The Hall–Kier alpha value is -6.12. The molecule has 46 heavy (non-hydrogen) atoms. The predicted molar refractivity (Wildman–Crippen MR) is 194 cm³/mol. The second-order valence-electron chi connectivity index (χ2n) is 11.8. The van der Waals surface area contributed by atoms with Crippen LogP contribution in [0.2, 0.25) is 0 Å². The maximum atomic E-state index is 6.14. The first-order valence-corrected chi connectivity index (χ1v) is 15.7. The molecule has 0 aliphatic heterocycles. The molecule has 0 atom stereocenters. The second kappa shape index (κ2) is 10.8. The molecule has 2 heteroatoms. The van der Waals surface area contributed by atoms with Gasteiger partial charge in [-0.1, -0.05) is 115 Å². The molecule has 0 amide bonds. The molecule has 0 unspecified atom stereocenters. The summed E-state index contributed by atoms with van der Waals surface area (Å²) < 4.78 is 6.14. The smallest absolute Gasteiger partial charge is 0.135 e. The minimum Gasteiger partial charge on any atom is -0.456 e. The molecular weight excluding hydrogens is 558 g/mol. The van der Waals surface area contributed by atoms with Crippen molar-refractivity contribution in [1.82, 2.24) is 0 Å². The first-order valence-electron chi connectivity index (χ1n) is 15.7. The zero-order chi connectivity index (χ0) is 30.5. The van der Waals surface area contributed by atoms with Crippen LogP contribution in [-0.2, 0) is 0 Å². The average Bonchev–Trinajstić information content (AvgIpc) is 3.50. The van der Waals surface area contributed by atoms with Crippen LogP contribution in [0.3, 0.4) is 0 Å². The van der Waals surface area contributed by atoms with Crippen molar-refractivity contribution in [3.8, 4) is 22.3 Å². The van der Waals surface area contributed by atoms with Gasteiger partial charge in [-0.2, -0.15) is 0 Å². The normalized spacial score (nSPS) is 11.5. The fourth-order valence-electron chi connectivity index (χ4n) is 6.76. The molecule has 0 saturated heterocycles. The van der Waals surface area contributed by atoms with Crippen molar-refractivity contribution < 1.29 is 4.42 Å². The molecule has 0 spiro atoms. The van der Waals surface area contributed by atoms with Crippen LogP contribution in [0.1, 0.15) is 0 Å². The molecule has 1 heterocycles. The number of furan rings is 1. The van der Waals surface area contributed by atoms with E-state index in [4.69, 9.17) is 4.42 Å². The van der Waals surface area contributed by atoms with Crippen LogP contribution in [-0.4, -0.2) is 0 Å². The largest absolute Gasteiger partial charge is 0.456 e. The summed E-state index contributed by atoms with van der Waals surface area (Å²) in [5, 5.41) is 7.16. The molecule has 9 rings (SSSR count). The molecule has 0 aliphatic rings. The van der Waals surface area contributed by atoms with Gasteiger partial charge in [-0.3, -0.25) is 0 Å². The zero-order valence-corrected chi connectivity index (χ0v) is 25.1. The fourth-order valence-corrected chi connectivity index (χ4v) is 6.76. The highest BCUT2D eigenvalue weighted by Gasteiger charge is 2.16. The number of nitrogens with zero attached hydrogens (tertiary/aromatic N) is 1. The van der Waals surface area contributed by atoms with E-state index in [9.17, 15) is 0 Å². The molecular formula is C44H29NO. The second-order valence-corrected chi connectivity index (χ2v) is 11.8. The molecule has 8 aromatic carbocycles. The van der Waals surface area contributed by atoms with Crippen LogP contribution in [0.5, 0.6) is 0 Å². The lowest BCUT2D eigenvalue weighted by atomic mass is 9.92. The molecule has 0 N–H and O–H groups in total. The van der Waals surface area contributed by atoms with Gasteiger partial charge in [-0.15, -0.1) is 0 Å². The Morgan fingerprint density at radius 1 is 0.326 bits per heavy atom. The summed E-state index contributed by atoms with van der Waals surface area (Å²) in [6.07, 6.45) is 0. The Kier molecular flexibility index (Phi) is 6.17. The van der Waals surface area contributed by atoms with E-state index < -0.39 is 0 Å². The number of hydrogen-bond acceptors (Lipinski definition) is 2. The number of anilines is 3. The standard InChI is InChI=1S/C44H29NO/c1-2-12-36(13-3-1)45(38-24-25-44-42(29-38)41-16-8-9-17-43(41)46-44)37-23-22-32-27-35(21-19-33(32)28-37)40-15-7-6-14-39(40)34-20-18-30-10-4-5-11-31(30)26-34/h1-29H. The van der Waals surface area contributed by atoms with Crippen molar-refractivity contribution in [3.05, 3.63) is 176 Å². The zero-order valence-electron chi connectivity index (χ0n) is 25.1. The lowest BCUT2D eigenvalue weighted by Crippen LogP contribution is -2.09. The summed E-state index contributed by atoms with van der Waals surface area (Å²) in [5.41, 5.74) is 10.0. The monoisotopic (exact) mass is 587 g/mol. The van der Waals surface area contributed by atoms with Gasteiger partial charge in [0.25, 0.3) is 0 Å². The van der Waals surface area contributed by atoms with Crippen LogP contribution < -0.4 is 4.90 Å². The Morgan fingerprint density at radius 2 is 0.870 bits per heavy atom.